The maximum atomic E-state index is 12.9. The molecule has 0 saturated carbocycles. The van der Waals surface area contributed by atoms with Crippen LogP contribution in [0, 0.1) is 5.92 Å². The number of nitrogens with zero attached hydrogens (tertiary/aromatic N) is 1. The van der Waals surface area contributed by atoms with Gasteiger partial charge >= 0.3 is 17.9 Å². The minimum absolute atomic E-state index is 0.0438. The number of amides is 1. The summed E-state index contributed by atoms with van der Waals surface area (Å²) in [5.74, 6) is -3.95. The molecule has 3 aliphatic rings. The Hall–Kier alpha value is -2.46. The van der Waals surface area contributed by atoms with Crippen molar-refractivity contribution < 1.29 is 43.6 Å². The molecule has 30 heavy (non-hydrogen) atoms. The summed E-state index contributed by atoms with van der Waals surface area (Å²) in [6.45, 7) is 5.27. The van der Waals surface area contributed by atoms with Crippen molar-refractivity contribution in [2.24, 2.45) is 5.92 Å². The van der Waals surface area contributed by atoms with Crippen LogP contribution in [0.1, 0.15) is 47.0 Å². The second kappa shape index (κ2) is 7.35. The first-order chi connectivity index (χ1) is 13.9. The lowest BCUT2D eigenvalue weighted by Crippen LogP contribution is -2.56. The summed E-state index contributed by atoms with van der Waals surface area (Å²) in [5.41, 5.74) is -5.73. The smallest absolute Gasteiger partial charge is 0.350 e. The Balaban J connectivity index is 2.06. The molecule has 0 radical (unpaired) electrons. The van der Waals surface area contributed by atoms with E-state index in [0.717, 1.165) is 17.9 Å². The molecular formula is C20H27NO9. The Morgan fingerprint density at radius 3 is 2.57 bits per heavy atom. The zero-order valence-electron chi connectivity index (χ0n) is 17.5. The lowest BCUT2D eigenvalue weighted by atomic mass is 9.79. The molecule has 10 heteroatoms. The van der Waals surface area contributed by atoms with Crippen molar-refractivity contribution in [1.82, 2.24) is 4.90 Å². The summed E-state index contributed by atoms with van der Waals surface area (Å²) in [4.78, 5) is 50.9. The molecule has 1 amide bonds. The van der Waals surface area contributed by atoms with Gasteiger partial charge in [-0.3, -0.25) is 9.59 Å². The van der Waals surface area contributed by atoms with E-state index in [-0.39, 0.29) is 31.4 Å². The quantitative estimate of drug-likeness (QED) is 0.455. The maximum absolute atomic E-state index is 12.9. The molecule has 3 heterocycles. The SMILES string of the molecule is CC[C@@]1(O)C[C@@H](C)[C@@](C)(OC(C)=O)C(=O)OCC2=CC(=O)N3CC[C@@H](OC1=O)[C@@]23O. The second-order valence-electron chi connectivity index (χ2n) is 8.34. The Morgan fingerprint density at radius 1 is 1.30 bits per heavy atom. The van der Waals surface area contributed by atoms with Gasteiger partial charge in [0.25, 0.3) is 0 Å². The summed E-state index contributed by atoms with van der Waals surface area (Å²) in [5, 5.41) is 22.3. The number of carbonyl (C=O) groups is 4. The first kappa shape index (κ1) is 22.2. The predicted octanol–water partition coefficient (Wildman–Crippen LogP) is -0.195. The molecule has 166 valence electrons. The van der Waals surface area contributed by atoms with E-state index in [4.69, 9.17) is 14.2 Å². The average Bonchev–Trinajstić information content (AvgIpc) is 3.12. The van der Waals surface area contributed by atoms with Crippen molar-refractivity contribution in [3.05, 3.63) is 11.6 Å². The van der Waals surface area contributed by atoms with Gasteiger partial charge in [-0.1, -0.05) is 13.8 Å². The fourth-order valence-corrected chi connectivity index (χ4v) is 4.31. The van der Waals surface area contributed by atoms with Crippen molar-refractivity contribution in [3.8, 4) is 0 Å². The van der Waals surface area contributed by atoms with Gasteiger partial charge in [0.1, 0.15) is 6.61 Å². The Morgan fingerprint density at radius 2 is 1.97 bits per heavy atom. The molecule has 2 N–H and O–H groups in total. The molecule has 2 saturated heterocycles. The Bertz CT molecular complexity index is 823. The van der Waals surface area contributed by atoms with E-state index in [1.807, 2.05) is 0 Å². The molecule has 2 fully saturated rings. The number of carbonyl (C=O) groups excluding carboxylic acids is 4. The van der Waals surface area contributed by atoms with Gasteiger partial charge in [0.05, 0.1) is 0 Å². The van der Waals surface area contributed by atoms with Crippen LogP contribution in [0.3, 0.4) is 0 Å². The van der Waals surface area contributed by atoms with Crippen LogP contribution in [0.25, 0.3) is 0 Å². The van der Waals surface area contributed by atoms with E-state index in [2.05, 4.69) is 0 Å². The molecule has 5 atom stereocenters. The topological polar surface area (TPSA) is 140 Å². The molecule has 0 aliphatic carbocycles. The summed E-state index contributed by atoms with van der Waals surface area (Å²) in [7, 11) is 0. The third-order valence-electron chi connectivity index (χ3n) is 6.43. The average molecular weight is 425 g/mol. The maximum Gasteiger partial charge on any atom is 0.350 e. The van der Waals surface area contributed by atoms with Crippen LogP contribution < -0.4 is 0 Å². The van der Waals surface area contributed by atoms with Crippen LogP contribution in [0.2, 0.25) is 0 Å². The molecule has 3 rings (SSSR count). The van der Waals surface area contributed by atoms with Crippen LogP contribution in [-0.2, 0) is 33.4 Å². The number of ether oxygens (including phenoxy) is 3. The number of aliphatic hydroxyl groups is 2. The number of rotatable bonds is 2. The second-order valence-corrected chi connectivity index (χ2v) is 8.34. The highest BCUT2D eigenvalue weighted by Gasteiger charge is 2.60. The molecule has 3 aliphatic heterocycles. The molecular weight excluding hydrogens is 398 g/mol. The van der Waals surface area contributed by atoms with Gasteiger partial charge in [-0.05, 0) is 19.8 Å². The standard InChI is InChI=1S/C20H27NO9/c1-5-19(26)9-11(2)18(4,30-12(3)22)16(24)28-10-13-8-15(23)21-7-6-14(20(13,21)27)29-17(19)25/h8,11,14,26-27H,5-7,9-10H2,1-4H3/t11-,14-,18-,19-,20+/m1/s1. The first-order valence-corrected chi connectivity index (χ1v) is 9.93. The Kier molecular flexibility index (Phi) is 5.44. The van der Waals surface area contributed by atoms with Crippen molar-refractivity contribution in [2.45, 2.75) is 70.0 Å². The number of hydrogen-bond acceptors (Lipinski definition) is 9. The molecule has 0 aromatic heterocycles. The van der Waals surface area contributed by atoms with Gasteiger partial charge in [0.2, 0.25) is 17.2 Å². The zero-order chi connectivity index (χ0) is 22.5. The molecule has 0 unspecified atom stereocenters. The van der Waals surface area contributed by atoms with E-state index in [1.54, 1.807) is 13.8 Å². The summed E-state index contributed by atoms with van der Waals surface area (Å²) >= 11 is 0. The summed E-state index contributed by atoms with van der Waals surface area (Å²) in [6, 6.07) is 0. The van der Waals surface area contributed by atoms with E-state index in [9.17, 15) is 29.4 Å². The monoisotopic (exact) mass is 425 g/mol. The molecule has 0 bridgehead atoms. The van der Waals surface area contributed by atoms with E-state index in [0.29, 0.717) is 0 Å². The minimum Gasteiger partial charge on any atom is -0.458 e. The number of hydrogen-bond donors (Lipinski definition) is 2. The zero-order valence-corrected chi connectivity index (χ0v) is 17.5. The lowest BCUT2D eigenvalue weighted by molar-refractivity contribution is -0.201. The molecule has 0 spiro atoms. The van der Waals surface area contributed by atoms with Gasteiger partial charge in [-0.25, -0.2) is 9.59 Å². The summed E-state index contributed by atoms with van der Waals surface area (Å²) in [6.07, 6.45) is -0.110. The van der Waals surface area contributed by atoms with E-state index < -0.39 is 59.4 Å². The number of esters is 3. The lowest BCUT2D eigenvalue weighted by Gasteiger charge is -2.39. The largest absolute Gasteiger partial charge is 0.458 e. The third-order valence-corrected chi connectivity index (χ3v) is 6.43. The first-order valence-electron chi connectivity index (χ1n) is 9.93. The van der Waals surface area contributed by atoms with Gasteiger partial charge in [-0.2, -0.15) is 0 Å². The third kappa shape index (κ3) is 3.27. The van der Waals surface area contributed by atoms with Gasteiger partial charge in [0, 0.05) is 37.5 Å². The van der Waals surface area contributed by atoms with E-state index in [1.165, 1.54) is 6.92 Å². The normalized spacial score (nSPS) is 39.3. The van der Waals surface area contributed by atoms with Crippen molar-refractivity contribution in [2.75, 3.05) is 13.2 Å². The van der Waals surface area contributed by atoms with Gasteiger partial charge in [0.15, 0.2) is 11.7 Å². The highest BCUT2D eigenvalue weighted by Crippen LogP contribution is 2.42. The summed E-state index contributed by atoms with van der Waals surface area (Å²) < 4.78 is 16.1. The fraction of sp³-hybridized carbons (Fsp3) is 0.700. The van der Waals surface area contributed by atoms with Crippen LogP contribution in [0.4, 0.5) is 0 Å². The Labute approximate surface area is 173 Å². The van der Waals surface area contributed by atoms with Crippen LogP contribution in [0.15, 0.2) is 11.6 Å². The molecule has 10 nitrogen and oxygen atoms in total. The van der Waals surface area contributed by atoms with Crippen LogP contribution >= 0.6 is 0 Å². The van der Waals surface area contributed by atoms with Crippen molar-refractivity contribution in [1.29, 1.82) is 0 Å². The van der Waals surface area contributed by atoms with Crippen LogP contribution in [0.5, 0.6) is 0 Å². The fourth-order valence-electron chi connectivity index (χ4n) is 4.31. The predicted molar refractivity (Wildman–Crippen MR) is 99.4 cm³/mol. The molecule has 0 aromatic rings. The van der Waals surface area contributed by atoms with Crippen LogP contribution in [-0.4, -0.2) is 75.1 Å². The van der Waals surface area contributed by atoms with Gasteiger partial charge < -0.3 is 29.3 Å². The highest BCUT2D eigenvalue weighted by molar-refractivity contribution is 5.93. The van der Waals surface area contributed by atoms with Crippen molar-refractivity contribution >= 4 is 23.8 Å². The highest BCUT2D eigenvalue weighted by atomic mass is 16.6. The molecule has 0 aromatic carbocycles. The van der Waals surface area contributed by atoms with Gasteiger partial charge in [-0.15, -0.1) is 0 Å². The van der Waals surface area contributed by atoms with E-state index >= 15 is 0 Å². The van der Waals surface area contributed by atoms with Crippen molar-refractivity contribution in [3.63, 3.8) is 0 Å². The number of cyclic esters (lactones) is 1. The minimum atomic E-state index is -2.00.